The van der Waals surface area contributed by atoms with Crippen LogP contribution < -0.4 is 16.2 Å². The van der Waals surface area contributed by atoms with Crippen molar-refractivity contribution in [1.29, 1.82) is 0 Å². The van der Waals surface area contributed by atoms with Crippen LogP contribution in [-0.2, 0) is 9.59 Å². The van der Waals surface area contributed by atoms with Gasteiger partial charge in [-0.25, -0.2) is 4.98 Å². The molecule has 0 aliphatic carbocycles. The highest BCUT2D eigenvalue weighted by atomic mass is 32.1. The maximum atomic E-state index is 13.6. The second-order valence-electron chi connectivity index (χ2n) is 8.21. The van der Waals surface area contributed by atoms with Gasteiger partial charge in [0.05, 0.1) is 11.7 Å². The molecule has 0 saturated carbocycles. The molecule has 4 aromatic rings. The maximum Gasteiger partial charge on any atom is 0.263 e. The van der Waals surface area contributed by atoms with Crippen molar-refractivity contribution < 1.29 is 9.59 Å². The lowest BCUT2D eigenvalue weighted by atomic mass is 10.0. The van der Waals surface area contributed by atoms with E-state index in [1.54, 1.807) is 24.3 Å². The molecule has 7 nitrogen and oxygen atoms in total. The molecule has 8 heteroatoms. The number of aromatic nitrogens is 2. The van der Waals surface area contributed by atoms with Crippen LogP contribution in [0.25, 0.3) is 21.3 Å². The molecule has 2 aromatic carbocycles. The zero-order chi connectivity index (χ0) is 24.4. The molecule has 0 radical (unpaired) electrons. The highest BCUT2D eigenvalue weighted by Gasteiger charge is 2.24. The number of nitrogens with zero attached hydrogens (tertiary/aromatic N) is 2. The van der Waals surface area contributed by atoms with E-state index < -0.39 is 6.04 Å². The molecular formula is C26H26N4O3S. The smallest absolute Gasteiger partial charge is 0.263 e. The van der Waals surface area contributed by atoms with Gasteiger partial charge < -0.3 is 10.6 Å². The van der Waals surface area contributed by atoms with Crippen molar-refractivity contribution in [2.75, 3.05) is 10.6 Å². The van der Waals surface area contributed by atoms with Gasteiger partial charge in [0, 0.05) is 28.7 Å². The van der Waals surface area contributed by atoms with Gasteiger partial charge in [0.1, 0.15) is 10.9 Å². The SMILES string of the molecule is CCC(C(=O)Nc1ccc(NC(C)=O)cc1)n1cnc2sc(C)c(-c3ccc(C)cc3)c2c1=O. The Balaban J connectivity index is 1.68. The van der Waals surface area contributed by atoms with Gasteiger partial charge in [-0.1, -0.05) is 36.8 Å². The monoisotopic (exact) mass is 474 g/mol. The molecule has 2 heterocycles. The largest absolute Gasteiger partial charge is 0.326 e. The Bertz CT molecular complexity index is 1420. The lowest BCUT2D eigenvalue weighted by molar-refractivity contribution is -0.119. The molecule has 0 aliphatic heterocycles. The van der Waals surface area contributed by atoms with Crippen LogP contribution in [0.4, 0.5) is 11.4 Å². The summed E-state index contributed by atoms with van der Waals surface area (Å²) in [6.07, 6.45) is 1.89. The third-order valence-corrected chi connectivity index (χ3v) is 6.66. The lowest BCUT2D eigenvalue weighted by Crippen LogP contribution is -2.33. The summed E-state index contributed by atoms with van der Waals surface area (Å²) in [6.45, 7) is 7.30. The Labute approximate surface area is 201 Å². The van der Waals surface area contributed by atoms with E-state index in [1.807, 2.05) is 45.0 Å². The summed E-state index contributed by atoms with van der Waals surface area (Å²) in [5.41, 5.74) is 3.96. The van der Waals surface area contributed by atoms with E-state index >= 15 is 0 Å². The van der Waals surface area contributed by atoms with Crippen LogP contribution in [0.15, 0.2) is 59.7 Å². The number of nitrogens with one attached hydrogen (secondary N) is 2. The summed E-state index contributed by atoms with van der Waals surface area (Å²) >= 11 is 1.48. The molecule has 0 saturated heterocycles. The van der Waals surface area contributed by atoms with Gasteiger partial charge in [-0.2, -0.15) is 0 Å². The molecule has 2 aromatic heterocycles. The number of rotatable bonds is 6. The molecule has 0 spiro atoms. The third-order valence-electron chi connectivity index (χ3n) is 5.65. The van der Waals surface area contributed by atoms with E-state index in [1.165, 1.54) is 29.2 Å². The number of amides is 2. The average Bonchev–Trinajstić information content (AvgIpc) is 3.14. The number of carbonyl (C=O) groups is 2. The summed E-state index contributed by atoms with van der Waals surface area (Å²) in [6, 6.07) is 14.2. The number of hydrogen-bond donors (Lipinski definition) is 2. The predicted molar refractivity (Wildman–Crippen MR) is 137 cm³/mol. The van der Waals surface area contributed by atoms with Gasteiger partial charge in [0.15, 0.2) is 0 Å². The Morgan fingerprint density at radius 2 is 1.62 bits per heavy atom. The number of carbonyl (C=O) groups excluding carboxylic acids is 2. The van der Waals surface area contributed by atoms with Gasteiger partial charge in [-0.3, -0.25) is 19.0 Å². The van der Waals surface area contributed by atoms with Crippen LogP contribution >= 0.6 is 11.3 Å². The van der Waals surface area contributed by atoms with Gasteiger partial charge in [0.2, 0.25) is 11.8 Å². The summed E-state index contributed by atoms with van der Waals surface area (Å²) in [5, 5.41) is 6.10. The molecule has 34 heavy (non-hydrogen) atoms. The minimum atomic E-state index is -0.717. The minimum absolute atomic E-state index is 0.168. The first-order valence-electron chi connectivity index (χ1n) is 11.0. The second kappa shape index (κ2) is 9.61. The van der Waals surface area contributed by atoms with E-state index in [0.717, 1.165) is 21.6 Å². The van der Waals surface area contributed by atoms with Crippen LogP contribution in [0.2, 0.25) is 0 Å². The molecule has 2 N–H and O–H groups in total. The van der Waals surface area contributed by atoms with Crippen LogP contribution in [0.1, 0.15) is 36.8 Å². The van der Waals surface area contributed by atoms with Crippen molar-refractivity contribution in [1.82, 2.24) is 9.55 Å². The zero-order valence-corrected chi connectivity index (χ0v) is 20.3. The van der Waals surface area contributed by atoms with Crippen LogP contribution in [0.5, 0.6) is 0 Å². The van der Waals surface area contributed by atoms with E-state index in [2.05, 4.69) is 15.6 Å². The standard InChI is InChI=1S/C26H26N4O3S/c1-5-21(24(32)29-20-12-10-19(11-13-20)28-17(4)31)30-14-27-25-23(26(30)33)22(16(3)34-25)18-8-6-15(2)7-9-18/h6-14,21H,5H2,1-4H3,(H,28,31)(H,29,32). The fraction of sp³-hybridized carbons (Fsp3) is 0.231. The van der Waals surface area contributed by atoms with E-state index in [9.17, 15) is 14.4 Å². The Kier molecular flexibility index (Phi) is 6.61. The summed E-state index contributed by atoms with van der Waals surface area (Å²) < 4.78 is 1.42. The number of thiophene rings is 1. The first-order chi connectivity index (χ1) is 16.3. The Morgan fingerprint density at radius 1 is 1.00 bits per heavy atom. The predicted octanol–water partition coefficient (Wildman–Crippen LogP) is 5.29. The number of anilines is 2. The van der Waals surface area contributed by atoms with Crippen molar-refractivity contribution in [2.24, 2.45) is 0 Å². The van der Waals surface area contributed by atoms with E-state index in [-0.39, 0.29) is 17.4 Å². The van der Waals surface area contributed by atoms with Gasteiger partial charge >= 0.3 is 0 Å². The molecule has 0 fully saturated rings. The zero-order valence-electron chi connectivity index (χ0n) is 19.5. The average molecular weight is 475 g/mol. The number of aryl methyl sites for hydroxylation is 2. The molecular weight excluding hydrogens is 448 g/mol. The molecule has 4 rings (SSSR count). The Morgan fingerprint density at radius 3 is 2.21 bits per heavy atom. The van der Waals surface area contributed by atoms with Crippen molar-refractivity contribution >= 4 is 44.7 Å². The van der Waals surface area contributed by atoms with E-state index in [0.29, 0.717) is 28.0 Å². The van der Waals surface area contributed by atoms with Gasteiger partial charge in [0.25, 0.3) is 5.56 Å². The highest BCUT2D eigenvalue weighted by molar-refractivity contribution is 7.19. The van der Waals surface area contributed by atoms with Crippen LogP contribution in [0, 0.1) is 13.8 Å². The molecule has 0 bridgehead atoms. The van der Waals surface area contributed by atoms with Crippen molar-refractivity contribution in [3.05, 3.63) is 75.7 Å². The molecule has 174 valence electrons. The Hall–Kier alpha value is -3.78. The molecule has 0 aliphatic rings. The van der Waals surface area contributed by atoms with Gasteiger partial charge in [-0.05, 0) is 50.1 Å². The molecule has 1 atom stereocenters. The first kappa shape index (κ1) is 23.4. The first-order valence-corrected chi connectivity index (χ1v) is 11.9. The van der Waals surface area contributed by atoms with E-state index in [4.69, 9.17) is 0 Å². The topological polar surface area (TPSA) is 93.1 Å². The quantitative estimate of drug-likeness (QED) is 0.397. The summed E-state index contributed by atoms with van der Waals surface area (Å²) in [4.78, 5) is 44.1. The third kappa shape index (κ3) is 4.63. The highest BCUT2D eigenvalue weighted by Crippen LogP contribution is 2.35. The van der Waals surface area contributed by atoms with Crippen molar-refractivity contribution in [3.8, 4) is 11.1 Å². The number of benzene rings is 2. The fourth-order valence-electron chi connectivity index (χ4n) is 3.98. The molecule has 2 amide bonds. The van der Waals surface area contributed by atoms with Crippen molar-refractivity contribution in [3.63, 3.8) is 0 Å². The number of hydrogen-bond acceptors (Lipinski definition) is 5. The summed E-state index contributed by atoms with van der Waals surface area (Å²) in [7, 11) is 0. The summed E-state index contributed by atoms with van der Waals surface area (Å²) in [5.74, 6) is -0.472. The minimum Gasteiger partial charge on any atom is -0.326 e. The fourth-order valence-corrected chi connectivity index (χ4v) is 4.98. The van der Waals surface area contributed by atoms with Gasteiger partial charge in [-0.15, -0.1) is 11.3 Å². The normalized spacial score (nSPS) is 11.9. The van der Waals surface area contributed by atoms with Crippen LogP contribution in [0.3, 0.4) is 0 Å². The number of fused-ring (bicyclic) bond motifs is 1. The van der Waals surface area contributed by atoms with Crippen LogP contribution in [-0.4, -0.2) is 21.4 Å². The second-order valence-corrected chi connectivity index (χ2v) is 9.41. The van der Waals surface area contributed by atoms with Crippen molar-refractivity contribution in [2.45, 2.75) is 40.2 Å². The maximum absolute atomic E-state index is 13.6. The lowest BCUT2D eigenvalue weighted by Gasteiger charge is -2.18. The molecule has 1 unspecified atom stereocenters.